The van der Waals surface area contributed by atoms with E-state index in [-0.39, 0.29) is 45.4 Å². The fourth-order valence-corrected chi connectivity index (χ4v) is 5.50. The summed E-state index contributed by atoms with van der Waals surface area (Å²) in [5.41, 5.74) is 0.802. The van der Waals surface area contributed by atoms with Crippen LogP contribution in [0.15, 0.2) is 51.9 Å². The zero-order chi connectivity index (χ0) is 24.6. The van der Waals surface area contributed by atoms with Crippen LogP contribution in [-0.4, -0.2) is 44.3 Å². The van der Waals surface area contributed by atoms with E-state index < -0.39 is 33.1 Å². The lowest BCUT2D eigenvalue weighted by molar-refractivity contribution is -0.133. The van der Waals surface area contributed by atoms with Gasteiger partial charge in [0.1, 0.15) is 22.3 Å². The number of aromatic nitrogens is 1. The second-order valence-corrected chi connectivity index (χ2v) is 10.3. The molecule has 1 aliphatic rings. The number of nitrogens with zero attached hydrogens (tertiary/aromatic N) is 1. The van der Waals surface area contributed by atoms with Crippen LogP contribution in [0, 0.1) is 5.92 Å². The molecular formula is C24H20ClNO7S. The van der Waals surface area contributed by atoms with Gasteiger partial charge in [0.2, 0.25) is 0 Å². The molecule has 1 aliphatic carbocycles. The molecule has 1 saturated carbocycles. The van der Waals surface area contributed by atoms with Gasteiger partial charge in [-0.05, 0) is 12.5 Å². The first-order valence-corrected chi connectivity index (χ1v) is 12.6. The van der Waals surface area contributed by atoms with Crippen LogP contribution < -0.4 is 4.74 Å². The van der Waals surface area contributed by atoms with Crippen molar-refractivity contribution < 1.29 is 32.1 Å². The van der Waals surface area contributed by atoms with Crippen LogP contribution >= 0.6 is 11.6 Å². The Kier molecular flexibility index (Phi) is 6.42. The van der Waals surface area contributed by atoms with E-state index in [1.165, 1.54) is 13.2 Å². The smallest absolute Gasteiger partial charge is 0.182 e. The number of methoxy groups -OCH3 is 1. The molecule has 0 spiro atoms. The molecule has 0 saturated heterocycles. The van der Waals surface area contributed by atoms with Crippen LogP contribution in [0.25, 0.3) is 22.6 Å². The topological polar surface area (TPSA) is 121 Å². The summed E-state index contributed by atoms with van der Waals surface area (Å²) in [4.78, 5) is 37.8. The molecule has 34 heavy (non-hydrogen) atoms. The van der Waals surface area contributed by atoms with Gasteiger partial charge in [0.15, 0.2) is 32.9 Å². The lowest BCUT2D eigenvalue weighted by Crippen LogP contribution is -2.35. The van der Waals surface area contributed by atoms with Crippen molar-refractivity contribution in [2.45, 2.75) is 24.2 Å². The molecule has 1 aromatic heterocycles. The molecule has 3 aromatic rings. The molecular weight excluding hydrogens is 482 g/mol. The summed E-state index contributed by atoms with van der Waals surface area (Å²) < 4.78 is 36.2. The monoisotopic (exact) mass is 501 g/mol. The molecule has 8 nitrogen and oxygen atoms in total. The predicted octanol–water partition coefficient (Wildman–Crippen LogP) is 4.20. The number of hydrogen-bond acceptors (Lipinski definition) is 8. The van der Waals surface area contributed by atoms with E-state index in [1.807, 2.05) is 6.07 Å². The minimum absolute atomic E-state index is 0.0153. The van der Waals surface area contributed by atoms with Crippen molar-refractivity contribution in [2.75, 3.05) is 13.4 Å². The van der Waals surface area contributed by atoms with E-state index in [0.717, 1.165) is 12.3 Å². The molecule has 0 aliphatic heterocycles. The van der Waals surface area contributed by atoms with E-state index in [9.17, 15) is 22.8 Å². The Bertz CT molecular complexity index is 1390. The summed E-state index contributed by atoms with van der Waals surface area (Å²) >= 11 is 6.60. The zero-order valence-electron chi connectivity index (χ0n) is 18.3. The SMILES string of the molecule is COc1cc(C(=O)C2C(=O)CCCC2=O)c(Cl)c(-c2cc(-c3ccccc3)no2)c1S(C)(=O)=O. The van der Waals surface area contributed by atoms with Crippen molar-refractivity contribution in [3.8, 4) is 28.3 Å². The van der Waals surface area contributed by atoms with Crippen molar-refractivity contribution >= 4 is 38.8 Å². The molecule has 4 rings (SSSR count). The first-order chi connectivity index (χ1) is 16.1. The molecule has 1 heterocycles. The maximum atomic E-state index is 13.3. The van der Waals surface area contributed by atoms with Gasteiger partial charge in [-0.1, -0.05) is 47.1 Å². The molecule has 0 atom stereocenters. The third-order valence-corrected chi connectivity index (χ3v) is 7.16. The number of rotatable bonds is 6. The average Bonchev–Trinajstić information content (AvgIpc) is 3.28. The van der Waals surface area contributed by atoms with Gasteiger partial charge in [-0.3, -0.25) is 14.4 Å². The summed E-state index contributed by atoms with van der Waals surface area (Å²) in [5.74, 6) is -3.45. The molecule has 2 aromatic carbocycles. The molecule has 0 radical (unpaired) electrons. The molecule has 0 bridgehead atoms. The van der Waals surface area contributed by atoms with Crippen molar-refractivity contribution in [1.29, 1.82) is 0 Å². The normalized spacial score (nSPS) is 14.9. The van der Waals surface area contributed by atoms with Crippen LogP contribution in [0.3, 0.4) is 0 Å². The van der Waals surface area contributed by atoms with Gasteiger partial charge < -0.3 is 9.26 Å². The Hall–Kier alpha value is -3.30. The predicted molar refractivity (Wildman–Crippen MR) is 124 cm³/mol. The lowest BCUT2D eigenvalue weighted by atomic mass is 9.81. The molecule has 0 amide bonds. The first kappa shape index (κ1) is 23.8. The van der Waals surface area contributed by atoms with Gasteiger partial charge >= 0.3 is 0 Å². The van der Waals surface area contributed by atoms with Crippen LogP contribution in [0.5, 0.6) is 5.75 Å². The first-order valence-electron chi connectivity index (χ1n) is 10.4. The van der Waals surface area contributed by atoms with Crippen molar-refractivity contribution in [2.24, 2.45) is 5.92 Å². The van der Waals surface area contributed by atoms with Crippen LogP contribution in [0.2, 0.25) is 5.02 Å². The number of halogens is 1. The number of carbonyl (C=O) groups is 3. The molecule has 0 N–H and O–H groups in total. The average molecular weight is 502 g/mol. The maximum Gasteiger partial charge on any atom is 0.182 e. The Balaban J connectivity index is 1.95. The van der Waals surface area contributed by atoms with Crippen molar-refractivity contribution in [1.82, 2.24) is 5.16 Å². The highest BCUT2D eigenvalue weighted by atomic mass is 35.5. The summed E-state index contributed by atoms with van der Waals surface area (Å²) in [5, 5.41) is 3.74. The van der Waals surface area contributed by atoms with E-state index in [0.29, 0.717) is 17.7 Å². The molecule has 176 valence electrons. The number of ether oxygens (including phenoxy) is 1. The summed E-state index contributed by atoms with van der Waals surface area (Å²) in [6, 6.07) is 11.7. The van der Waals surface area contributed by atoms with Crippen molar-refractivity contribution in [3.63, 3.8) is 0 Å². The highest BCUT2D eigenvalue weighted by Crippen LogP contribution is 2.44. The minimum Gasteiger partial charge on any atom is -0.495 e. The Morgan fingerprint density at radius 3 is 2.35 bits per heavy atom. The highest BCUT2D eigenvalue weighted by Gasteiger charge is 2.39. The number of ketones is 3. The third-order valence-electron chi connectivity index (χ3n) is 5.62. The lowest BCUT2D eigenvalue weighted by Gasteiger charge is -2.21. The summed E-state index contributed by atoms with van der Waals surface area (Å²) in [7, 11) is -2.69. The zero-order valence-corrected chi connectivity index (χ0v) is 19.9. The van der Waals surface area contributed by atoms with Gasteiger partial charge in [0.05, 0.1) is 17.7 Å². The second-order valence-electron chi connectivity index (χ2n) is 7.94. The Morgan fingerprint density at radius 1 is 1.12 bits per heavy atom. The van der Waals surface area contributed by atoms with E-state index >= 15 is 0 Å². The number of hydrogen-bond donors (Lipinski definition) is 0. The fourth-order valence-electron chi connectivity index (χ4n) is 4.03. The number of Topliss-reactive ketones (excluding diaryl/α,β-unsaturated/α-hetero) is 3. The largest absolute Gasteiger partial charge is 0.495 e. The standard InChI is InChI=1S/C24H20ClNO7S/c1-32-19-11-14(23(29)20-16(27)9-6-10-17(20)28)22(25)21(24(19)34(2,30)31)18-12-15(26-33-18)13-7-4-3-5-8-13/h3-5,7-8,11-12,20H,6,9-10H2,1-2H3. The number of sulfone groups is 1. The van der Waals surface area contributed by atoms with Crippen molar-refractivity contribution in [3.05, 3.63) is 53.1 Å². The van der Waals surface area contributed by atoms with Gasteiger partial charge in [-0.2, -0.15) is 0 Å². The minimum atomic E-state index is -3.93. The summed E-state index contributed by atoms with van der Waals surface area (Å²) in [6.07, 6.45) is 1.56. The Morgan fingerprint density at radius 2 is 1.76 bits per heavy atom. The highest BCUT2D eigenvalue weighted by molar-refractivity contribution is 7.91. The molecule has 10 heteroatoms. The summed E-state index contributed by atoms with van der Waals surface area (Å²) in [6.45, 7) is 0. The van der Waals surface area contributed by atoms with Gasteiger partial charge in [0.25, 0.3) is 0 Å². The Labute approximate surface area is 200 Å². The van der Waals surface area contributed by atoms with Crippen LogP contribution in [-0.2, 0) is 19.4 Å². The van der Waals surface area contributed by atoms with E-state index in [4.69, 9.17) is 20.9 Å². The van der Waals surface area contributed by atoms with E-state index in [1.54, 1.807) is 24.3 Å². The number of carbonyl (C=O) groups excluding carboxylic acids is 3. The maximum absolute atomic E-state index is 13.3. The van der Waals surface area contributed by atoms with Gasteiger partial charge in [-0.25, -0.2) is 8.42 Å². The molecule has 0 unspecified atom stereocenters. The number of benzene rings is 2. The van der Waals surface area contributed by atoms with Crippen LogP contribution in [0.4, 0.5) is 0 Å². The van der Waals surface area contributed by atoms with Gasteiger partial charge in [0, 0.05) is 36.3 Å². The van der Waals surface area contributed by atoms with E-state index in [2.05, 4.69) is 5.16 Å². The van der Waals surface area contributed by atoms with Gasteiger partial charge in [-0.15, -0.1) is 0 Å². The van der Waals surface area contributed by atoms with Crippen LogP contribution in [0.1, 0.15) is 29.6 Å². The quantitative estimate of drug-likeness (QED) is 0.364. The molecule has 1 fully saturated rings. The third kappa shape index (κ3) is 4.28. The fraction of sp³-hybridized carbons (Fsp3) is 0.250. The second kappa shape index (κ2) is 9.15.